The van der Waals surface area contributed by atoms with Crippen molar-refractivity contribution in [2.75, 3.05) is 6.61 Å². The van der Waals surface area contributed by atoms with E-state index >= 15 is 0 Å². The first-order chi connectivity index (χ1) is 4.74. The zero-order chi connectivity index (χ0) is 7.56. The van der Waals surface area contributed by atoms with Gasteiger partial charge in [0.1, 0.15) is 6.04 Å². The standard InChI is InChI=1S/C4H7N3O2S/c5-2(1-8)3-6-7-4(10)9-3/h2,8H,1,5H2,(H,7,10). The monoisotopic (exact) mass is 161 g/mol. The predicted octanol–water partition coefficient (Wildman–Crippen LogP) is -0.276. The van der Waals surface area contributed by atoms with Crippen LogP contribution in [0.25, 0.3) is 0 Å². The Kier molecular flexibility index (Phi) is 2.15. The number of nitrogens with two attached hydrogens (primary N) is 1. The summed E-state index contributed by atoms with van der Waals surface area (Å²) in [6, 6.07) is -0.590. The van der Waals surface area contributed by atoms with Crippen LogP contribution in [0, 0.1) is 4.84 Å². The SMILES string of the molecule is NC(CO)c1n[nH]c(=S)o1. The zero-order valence-electron chi connectivity index (χ0n) is 5.07. The first-order valence-corrected chi connectivity index (χ1v) is 3.06. The van der Waals surface area contributed by atoms with E-state index < -0.39 is 6.04 Å². The molecule has 1 atom stereocenters. The third-order valence-electron chi connectivity index (χ3n) is 0.969. The van der Waals surface area contributed by atoms with Crippen LogP contribution >= 0.6 is 12.2 Å². The molecule has 0 saturated heterocycles. The number of aromatic amines is 1. The Morgan fingerprint density at radius 2 is 2.60 bits per heavy atom. The van der Waals surface area contributed by atoms with Crippen molar-refractivity contribution in [3.05, 3.63) is 10.7 Å². The van der Waals surface area contributed by atoms with Crippen molar-refractivity contribution in [1.29, 1.82) is 0 Å². The van der Waals surface area contributed by atoms with Crippen LogP contribution in [0.2, 0.25) is 0 Å². The maximum Gasteiger partial charge on any atom is 0.284 e. The second-order valence-corrected chi connectivity index (χ2v) is 2.11. The fourth-order valence-corrected chi connectivity index (χ4v) is 0.609. The lowest BCUT2D eigenvalue weighted by atomic mass is 10.3. The number of nitrogens with zero attached hydrogens (tertiary/aromatic N) is 1. The number of H-pyrrole nitrogens is 1. The molecule has 0 aliphatic carbocycles. The zero-order valence-corrected chi connectivity index (χ0v) is 5.89. The summed E-state index contributed by atoms with van der Waals surface area (Å²) in [7, 11) is 0. The highest BCUT2D eigenvalue weighted by atomic mass is 32.1. The van der Waals surface area contributed by atoms with E-state index in [1.807, 2.05) is 0 Å². The van der Waals surface area contributed by atoms with Crippen molar-refractivity contribution in [3.63, 3.8) is 0 Å². The van der Waals surface area contributed by atoms with Gasteiger partial charge in [-0.1, -0.05) is 0 Å². The molecule has 0 saturated carbocycles. The predicted molar refractivity (Wildman–Crippen MR) is 35.7 cm³/mol. The summed E-state index contributed by atoms with van der Waals surface area (Å²) in [5.74, 6) is 0.229. The summed E-state index contributed by atoms with van der Waals surface area (Å²) in [4.78, 5) is 0.166. The molecule has 0 aliphatic rings. The summed E-state index contributed by atoms with van der Waals surface area (Å²) in [5.41, 5.74) is 5.34. The quantitative estimate of drug-likeness (QED) is 0.519. The van der Waals surface area contributed by atoms with Gasteiger partial charge in [0.2, 0.25) is 5.89 Å². The lowest BCUT2D eigenvalue weighted by Gasteiger charge is -1.98. The first-order valence-electron chi connectivity index (χ1n) is 2.66. The van der Waals surface area contributed by atoms with E-state index in [-0.39, 0.29) is 17.3 Å². The number of aliphatic hydroxyl groups is 1. The molecule has 10 heavy (non-hydrogen) atoms. The van der Waals surface area contributed by atoms with Crippen LogP contribution in [-0.4, -0.2) is 21.9 Å². The van der Waals surface area contributed by atoms with Gasteiger partial charge in [0, 0.05) is 0 Å². The first kappa shape index (κ1) is 7.39. The molecule has 1 aromatic heterocycles. The molecule has 0 amide bonds. The van der Waals surface area contributed by atoms with Crippen LogP contribution in [0.15, 0.2) is 4.42 Å². The van der Waals surface area contributed by atoms with E-state index in [0.717, 1.165) is 0 Å². The summed E-state index contributed by atoms with van der Waals surface area (Å²) < 4.78 is 4.80. The molecule has 1 rings (SSSR count). The smallest absolute Gasteiger partial charge is 0.284 e. The molecule has 6 heteroatoms. The highest BCUT2D eigenvalue weighted by molar-refractivity contribution is 7.71. The van der Waals surface area contributed by atoms with Gasteiger partial charge in [-0.15, -0.1) is 5.10 Å². The molecule has 0 fully saturated rings. The molecule has 0 radical (unpaired) electrons. The van der Waals surface area contributed by atoms with E-state index in [4.69, 9.17) is 15.3 Å². The average Bonchev–Trinajstić information content (AvgIpc) is 2.34. The Hall–Kier alpha value is -0.720. The lowest BCUT2D eigenvalue weighted by Crippen LogP contribution is -2.14. The molecule has 56 valence electrons. The van der Waals surface area contributed by atoms with Gasteiger partial charge >= 0.3 is 0 Å². The minimum atomic E-state index is -0.590. The van der Waals surface area contributed by atoms with Gasteiger partial charge in [-0.2, -0.15) is 0 Å². The normalized spacial score (nSPS) is 13.4. The van der Waals surface area contributed by atoms with Crippen molar-refractivity contribution in [2.45, 2.75) is 6.04 Å². The van der Waals surface area contributed by atoms with E-state index in [1.165, 1.54) is 0 Å². The molecule has 1 aromatic rings. The number of nitrogens with one attached hydrogen (secondary N) is 1. The number of rotatable bonds is 2. The Labute approximate surface area is 61.9 Å². The lowest BCUT2D eigenvalue weighted by molar-refractivity contribution is 0.247. The highest BCUT2D eigenvalue weighted by Crippen LogP contribution is 2.03. The Morgan fingerprint density at radius 3 is 3.00 bits per heavy atom. The van der Waals surface area contributed by atoms with Crippen molar-refractivity contribution in [1.82, 2.24) is 10.2 Å². The molecule has 1 heterocycles. The van der Waals surface area contributed by atoms with Gasteiger partial charge in [-0.25, -0.2) is 5.10 Å². The number of aromatic nitrogens is 2. The van der Waals surface area contributed by atoms with Crippen LogP contribution in [0.1, 0.15) is 11.9 Å². The molecule has 4 N–H and O–H groups in total. The second kappa shape index (κ2) is 2.91. The number of hydrogen-bond donors (Lipinski definition) is 3. The third kappa shape index (κ3) is 1.41. The molecule has 5 nitrogen and oxygen atoms in total. The van der Waals surface area contributed by atoms with Crippen molar-refractivity contribution < 1.29 is 9.52 Å². The van der Waals surface area contributed by atoms with Crippen molar-refractivity contribution in [2.24, 2.45) is 5.73 Å². The molecular weight excluding hydrogens is 154 g/mol. The van der Waals surface area contributed by atoms with Crippen LogP contribution in [0.4, 0.5) is 0 Å². The summed E-state index contributed by atoms with van der Waals surface area (Å²) >= 11 is 4.58. The fraction of sp³-hybridized carbons (Fsp3) is 0.500. The van der Waals surface area contributed by atoms with Crippen molar-refractivity contribution in [3.8, 4) is 0 Å². The van der Waals surface area contributed by atoms with Gasteiger partial charge < -0.3 is 15.3 Å². The number of aliphatic hydroxyl groups excluding tert-OH is 1. The minimum Gasteiger partial charge on any atom is -0.412 e. The topological polar surface area (TPSA) is 88.1 Å². The Balaban J connectivity index is 2.84. The van der Waals surface area contributed by atoms with Gasteiger partial charge in [0.05, 0.1) is 6.61 Å². The number of hydrogen-bond acceptors (Lipinski definition) is 5. The van der Waals surface area contributed by atoms with Crippen LogP contribution in [0.5, 0.6) is 0 Å². The summed E-state index contributed by atoms with van der Waals surface area (Å²) in [6.07, 6.45) is 0. The maximum atomic E-state index is 8.52. The van der Waals surface area contributed by atoms with E-state index in [1.54, 1.807) is 0 Å². The Morgan fingerprint density at radius 1 is 1.90 bits per heavy atom. The van der Waals surface area contributed by atoms with Crippen LogP contribution in [-0.2, 0) is 0 Å². The largest absolute Gasteiger partial charge is 0.412 e. The maximum absolute atomic E-state index is 8.52. The van der Waals surface area contributed by atoms with E-state index in [9.17, 15) is 0 Å². The molecule has 0 spiro atoms. The Bertz CT molecular complexity index is 255. The summed E-state index contributed by atoms with van der Waals surface area (Å²) in [5, 5.41) is 14.5. The van der Waals surface area contributed by atoms with Gasteiger partial charge in [0.25, 0.3) is 4.84 Å². The highest BCUT2D eigenvalue weighted by Gasteiger charge is 2.08. The fourth-order valence-electron chi connectivity index (χ4n) is 0.478. The average molecular weight is 161 g/mol. The van der Waals surface area contributed by atoms with Crippen LogP contribution in [0.3, 0.4) is 0 Å². The van der Waals surface area contributed by atoms with Gasteiger partial charge in [-0.05, 0) is 12.2 Å². The van der Waals surface area contributed by atoms with Crippen molar-refractivity contribution >= 4 is 12.2 Å². The molecule has 0 aliphatic heterocycles. The van der Waals surface area contributed by atoms with Gasteiger partial charge in [-0.3, -0.25) is 0 Å². The minimum absolute atomic E-state index is 0.166. The van der Waals surface area contributed by atoms with Crippen LogP contribution < -0.4 is 5.73 Å². The summed E-state index contributed by atoms with van der Waals surface area (Å²) in [6.45, 7) is -0.205. The van der Waals surface area contributed by atoms with Gasteiger partial charge in [0.15, 0.2) is 0 Å². The van der Waals surface area contributed by atoms with E-state index in [0.29, 0.717) is 0 Å². The molecule has 1 unspecified atom stereocenters. The molecule has 0 aromatic carbocycles. The van der Waals surface area contributed by atoms with E-state index in [2.05, 4.69) is 22.4 Å². The molecular formula is C4H7N3O2S. The molecule has 0 bridgehead atoms. The third-order valence-corrected chi connectivity index (χ3v) is 1.14. The second-order valence-electron chi connectivity index (χ2n) is 1.74.